The summed E-state index contributed by atoms with van der Waals surface area (Å²) in [6.07, 6.45) is 4.20. The molecule has 0 amide bonds. The van der Waals surface area contributed by atoms with E-state index in [1.807, 2.05) is 12.1 Å². The Hall–Kier alpha value is -3.99. The third kappa shape index (κ3) is 3.42. The smallest absolute Gasteiger partial charge is 0.305 e. The third-order valence-electron chi connectivity index (χ3n) is 6.54. The van der Waals surface area contributed by atoms with Gasteiger partial charge >= 0.3 is 5.69 Å². The number of nitro groups is 1. The molecule has 2 aliphatic heterocycles. The van der Waals surface area contributed by atoms with Crippen molar-refractivity contribution in [3.05, 3.63) is 87.2 Å². The zero-order valence-corrected chi connectivity index (χ0v) is 17.6. The minimum Gasteiger partial charge on any atom is -0.364 e. The van der Waals surface area contributed by atoms with Crippen LogP contribution in [0.1, 0.15) is 54.0 Å². The number of anilines is 2. The molecule has 0 radical (unpaired) electrons. The fourth-order valence-electron chi connectivity index (χ4n) is 4.96. The van der Waals surface area contributed by atoms with E-state index >= 15 is 0 Å². The van der Waals surface area contributed by atoms with Gasteiger partial charge in [-0.05, 0) is 47.7 Å². The first-order chi connectivity index (χ1) is 15.5. The lowest BCUT2D eigenvalue weighted by molar-refractivity contribution is -0.385. The lowest BCUT2D eigenvalue weighted by atomic mass is 9.86. The van der Waals surface area contributed by atoms with Crippen molar-refractivity contribution in [2.75, 3.05) is 16.8 Å². The number of nitrogens with one attached hydrogen (secondary N) is 1. The number of fused-ring (bicyclic) bond motifs is 5. The Balaban J connectivity index is 1.48. The molecule has 0 spiro atoms. The Bertz CT molecular complexity index is 1220. The largest absolute Gasteiger partial charge is 0.364 e. The van der Waals surface area contributed by atoms with E-state index in [1.54, 1.807) is 0 Å². The van der Waals surface area contributed by atoms with Crippen LogP contribution < -0.4 is 10.2 Å². The maximum Gasteiger partial charge on any atom is 0.305 e. The van der Waals surface area contributed by atoms with Gasteiger partial charge in [0.05, 0.1) is 22.6 Å². The molecule has 0 saturated carbocycles. The summed E-state index contributed by atoms with van der Waals surface area (Å²) in [6, 6.07) is 17.1. The normalized spacial score (nSPS) is 21.4. The number of nitriles is 1. The lowest BCUT2D eigenvalue weighted by Crippen LogP contribution is -2.42. The molecule has 3 aromatic rings. The number of piperidine rings is 1. The Morgan fingerprint density at radius 3 is 2.62 bits per heavy atom. The van der Waals surface area contributed by atoms with Crippen molar-refractivity contribution in [2.24, 2.45) is 0 Å². The lowest BCUT2D eigenvalue weighted by Gasteiger charge is -2.41. The maximum absolute atomic E-state index is 10.9. The molecule has 3 heterocycles. The van der Waals surface area contributed by atoms with Crippen LogP contribution in [0.2, 0.25) is 0 Å². The molecule has 5 rings (SSSR count). The molecule has 2 aliphatic rings. The molecular formula is C24H22N6O2. The molecule has 0 bridgehead atoms. The van der Waals surface area contributed by atoms with E-state index in [1.165, 1.54) is 34.8 Å². The van der Waals surface area contributed by atoms with Crippen LogP contribution in [0.15, 0.2) is 54.9 Å². The van der Waals surface area contributed by atoms with Crippen molar-refractivity contribution in [3.8, 4) is 6.07 Å². The molecule has 8 nitrogen and oxygen atoms in total. The second kappa shape index (κ2) is 7.93. The van der Waals surface area contributed by atoms with Gasteiger partial charge in [0.25, 0.3) is 0 Å². The number of aromatic nitrogens is 2. The molecule has 3 atom stereocenters. The summed E-state index contributed by atoms with van der Waals surface area (Å²) in [5, 5.41) is 23.7. The van der Waals surface area contributed by atoms with Crippen molar-refractivity contribution in [1.29, 1.82) is 5.26 Å². The van der Waals surface area contributed by atoms with E-state index in [0.29, 0.717) is 11.5 Å². The molecule has 160 valence electrons. The van der Waals surface area contributed by atoms with Crippen LogP contribution in [0, 0.1) is 21.4 Å². The summed E-state index contributed by atoms with van der Waals surface area (Å²) in [5.41, 5.74) is 5.50. The van der Waals surface area contributed by atoms with Crippen LogP contribution >= 0.6 is 0 Å². The van der Waals surface area contributed by atoms with Gasteiger partial charge in [0.2, 0.25) is 5.95 Å². The predicted octanol–water partition coefficient (Wildman–Crippen LogP) is 4.54. The second-order valence-corrected chi connectivity index (χ2v) is 8.33. The molecule has 1 saturated heterocycles. The van der Waals surface area contributed by atoms with Crippen LogP contribution in [-0.2, 0) is 0 Å². The number of benzene rings is 2. The topological polar surface area (TPSA) is 108 Å². The van der Waals surface area contributed by atoms with Gasteiger partial charge in [-0.15, -0.1) is 0 Å². The van der Waals surface area contributed by atoms with Gasteiger partial charge in [0.15, 0.2) is 0 Å². The highest BCUT2D eigenvalue weighted by molar-refractivity contribution is 5.64. The van der Waals surface area contributed by atoms with E-state index in [4.69, 9.17) is 0 Å². The van der Waals surface area contributed by atoms with Gasteiger partial charge in [0, 0.05) is 24.2 Å². The Morgan fingerprint density at radius 1 is 1.16 bits per heavy atom. The number of hydrogen-bond donors (Lipinski definition) is 1. The van der Waals surface area contributed by atoms with Crippen molar-refractivity contribution in [2.45, 2.75) is 37.8 Å². The highest BCUT2D eigenvalue weighted by atomic mass is 16.6. The fourth-order valence-corrected chi connectivity index (χ4v) is 4.96. The van der Waals surface area contributed by atoms with Crippen molar-refractivity contribution >= 4 is 17.3 Å². The fraction of sp³-hybridized carbons (Fsp3) is 0.292. The summed E-state index contributed by atoms with van der Waals surface area (Å²) in [7, 11) is 0. The summed E-state index contributed by atoms with van der Waals surface area (Å²) >= 11 is 0. The molecule has 32 heavy (non-hydrogen) atoms. The molecule has 0 aliphatic carbocycles. The van der Waals surface area contributed by atoms with Crippen LogP contribution in [0.3, 0.4) is 0 Å². The van der Waals surface area contributed by atoms with Gasteiger partial charge in [-0.2, -0.15) is 5.26 Å². The number of rotatable bonds is 3. The highest BCUT2D eigenvalue weighted by Gasteiger charge is 2.36. The number of hydrogen-bond acceptors (Lipinski definition) is 7. The minimum atomic E-state index is -0.499. The standard InChI is InChI=1S/C24H22N6O2/c1-15-19-4-2-3-5-20(19)23-11-17(28-24-26-13-18(14-27-24)30(31)32)8-9-29(23)22-7-6-16(12-25)10-21(15)22/h2-7,10,13-15,17,23H,8-9,11H2,1H3,(H,26,27,28)/t15-,17-,23-/m0/s1. The molecule has 1 fully saturated rings. The first-order valence-electron chi connectivity index (χ1n) is 10.7. The van der Waals surface area contributed by atoms with E-state index < -0.39 is 4.92 Å². The minimum absolute atomic E-state index is 0.120. The van der Waals surface area contributed by atoms with Crippen molar-refractivity contribution in [3.63, 3.8) is 0 Å². The first-order valence-corrected chi connectivity index (χ1v) is 10.7. The molecule has 0 unspecified atom stereocenters. The number of nitrogens with zero attached hydrogens (tertiary/aromatic N) is 5. The van der Waals surface area contributed by atoms with Gasteiger partial charge in [-0.25, -0.2) is 9.97 Å². The average Bonchev–Trinajstić information content (AvgIpc) is 2.92. The Kier molecular flexibility index (Phi) is 4.94. The van der Waals surface area contributed by atoms with Crippen LogP contribution in [0.25, 0.3) is 0 Å². The third-order valence-corrected chi connectivity index (χ3v) is 6.54. The van der Waals surface area contributed by atoms with E-state index in [0.717, 1.165) is 19.4 Å². The summed E-state index contributed by atoms with van der Waals surface area (Å²) in [5.74, 6) is 0.591. The molecule has 1 N–H and O–H groups in total. The van der Waals surface area contributed by atoms with E-state index in [-0.39, 0.29) is 23.7 Å². The predicted molar refractivity (Wildman–Crippen MR) is 121 cm³/mol. The highest BCUT2D eigenvalue weighted by Crippen LogP contribution is 2.46. The SMILES string of the molecule is C[C@H]1c2ccccc2[C@@H]2C[C@@H](Nc3ncc([N+](=O)[O-])cn3)CCN2c2ccc(C#N)cc21. The van der Waals surface area contributed by atoms with Gasteiger partial charge in [-0.3, -0.25) is 10.1 Å². The monoisotopic (exact) mass is 426 g/mol. The molecule has 1 aromatic heterocycles. The Morgan fingerprint density at radius 2 is 1.91 bits per heavy atom. The zero-order valence-electron chi connectivity index (χ0n) is 17.6. The average molecular weight is 426 g/mol. The summed E-state index contributed by atoms with van der Waals surface area (Å²) in [4.78, 5) is 21.1. The Labute approximate surface area is 185 Å². The van der Waals surface area contributed by atoms with E-state index in [2.05, 4.69) is 63.5 Å². The summed E-state index contributed by atoms with van der Waals surface area (Å²) < 4.78 is 0. The quantitative estimate of drug-likeness (QED) is 0.484. The summed E-state index contributed by atoms with van der Waals surface area (Å²) in [6.45, 7) is 3.05. The zero-order chi connectivity index (χ0) is 22.2. The van der Waals surface area contributed by atoms with Gasteiger partial charge < -0.3 is 10.2 Å². The van der Waals surface area contributed by atoms with Crippen LogP contribution in [0.4, 0.5) is 17.3 Å². The van der Waals surface area contributed by atoms with Crippen LogP contribution in [-0.4, -0.2) is 27.5 Å². The van der Waals surface area contributed by atoms with Crippen molar-refractivity contribution < 1.29 is 4.92 Å². The van der Waals surface area contributed by atoms with E-state index in [9.17, 15) is 15.4 Å². The molecule has 2 aromatic carbocycles. The van der Waals surface area contributed by atoms with Gasteiger partial charge in [-0.1, -0.05) is 31.2 Å². The second-order valence-electron chi connectivity index (χ2n) is 8.33. The first kappa shape index (κ1) is 19.9. The molecule has 8 heteroatoms. The van der Waals surface area contributed by atoms with Gasteiger partial charge in [0.1, 0.15) is 12.4 Å². The maximum atomic E-state index is 10.9. The van der Waals surface area contributed by atoms with Crippen molar-refractivity contribution in [1.82, 2.24) is 9.97 Å². The molecular weight excluding hydrogens is 404 g/mol. The van der Waals surface area contributed by atoms with Crippen LogP contribution in [0.5, 0.6) is 0 Å².